The van der Waals surface area contributed by atoms with E-state index in [9.17, 15) is 4.79 Å². The smallest absolute Gasteiger partial charge is 0.239 e. The van der Waals surface area contributed by atoms with Gasteiger partial charge in [0, 0.05) is 0 Å². The first-order valence-corrected chi connectivity index (χ1v) is 4.55. The van der Waals surface area contributed by atoms with Crippen LogP contribution in [0, 0.1) is 11.3 Å². The summed E-state index contributed by atoms with van der Waals surface area (Å²) in [5.41, 5.74) is 5.17. The van der Waals surface area contributed by atoms with Crippen molar-refractivity contribution in [1.29, 1.82) is 5.26 Å². The first kappa shape index (κ1) is 11.3. The lowest BCUT2D eigenvalue weighted by atomic mass is 10.3. The van der Waals surface area contributed by atoms with E-state index >= 15 is 0 Å². The minimum absolute atomic E-state index is 0.110. The van der Waals surface area contributed by atoms with E-state index < -0.39 is 11.9 Å². The van der Waals surface area contributed by atoms with Crippen molar-refractivity contribution < 1.29 is 4.79 Å². The van der Waals surface area contributed by atoms with Gasteiger partial charge in [0.15, 0.2) is 5.69 Å². The highest BCUT2D eigenvalue weighted by atomic mass is 35.5. The number of carbonyl (C=O) groups excluding carboxylic acids is 1. The van der Waals surface area contributed by atoms with Gasteiger partial charge in [0.1, 0.15) is 17.9 Å². The van der Waals surface area contributed by atoms with Crippen LogP contribution >= 0.6 is 11.6 Å². The number of nitrogens with one attached hydrogen (secondary N) is 1. The van der Waals surface area contributed by atoms with Gasteiger partial charge in [0.05, 0.1) is 5.02 Å². The average molecular weight is 225 g/mol. The molecule has 78 valence electrons. The minimum Gasteiger partial charge on any atom is -0.368 e. The number of nitrogens with two attached hydrogens (primary N) is 1. The second-order valence-corrected chi connectivity index (χ2v) is 3.31. The van der Waals surface area contributed by atoms with Crippen LogP contribution in [0.4, 0.5) is 5.82 Å². The Bertz CT molecular complexity index is 427. The first-order valence-electron chi connectivity index (χ1n) is 4.17. The number of hydrogen-bond donors (Lipinski definition) is 2. The van der Waals surface area contributed by atoms with Gasteiger partial charge in [-0.2, -0.15) is 5.26 Å². The Morgan fingerprint density at radius 3 is 2.93 bits per heavy atom. The third-order valence-corrected chi connectivity index (χ3v) is 2.05. The highest BCUT2D eigenvalue weighted by molar-refractivity contribution is 6.31. The van der Waals surface area contributed by atoms with Crippen molar-refractivity contribution in [3.05, 3.63) is 22.8 Å². The molecule has 0 aliphatic heterocycles. The predicted octanol–water partition coefficient (Wildman–Crippen LogP) is 0.892. The number of amides is 1. The molecule has 0 fully saturated rings. The SMILES string of the molecule is CC(Nc1ccc(Cl)c(C#N)n1)C(N)=O. The summed E-state index contributed by atoms with van der Waals surface area (Å²) in [6, 6.07) is 4.39. The van der Waals surface area contributed by atoms with E-state index in [1.807, 2.05) is 6.07 Å². The molecule has 5 nitrogen and oxygen atoms in total. The summed E-state index contributed by atoms with van der Waals surface area (Å²) >= 11 is 5.69. The van der Waals surface area contributed by atoms with Crippen LogP contribution in [0.25, 0.3) is 0 Å². The van der Waals surface area contributed by atoms with Crippen LogP contribution in [0.2, 0.25) is 5.02 Å². The number of aromatic nitrogens is 1. The Morgan fingerprint density at radius 2 is 2.40 bits per heavy atom. The van der Waals surface area contributed by atoms with Crippen molar-refractivity contribution in [1.82, 2.24) is 4.98 Å². The fourth-order valence-electron chi connectivity index (χ4n) is 0.894. The third kappa shape index (κ3) is 2.82. The Morgan fingerprint density at radius 1 is 1.73 bits per heavy atom. The second-order valence-electron chi connectivity index (χ2n) is 2.91. The molecule has 1 aromatic rings. The summed E-state index contributed by atoms with van der Waals surface area (Å²) in [5, 5.41) is 11.7. The normalized spacial score (nSPS) is 11.5. The van der Waals surface area contributed by atoms with E-state index in [1.54, 1.807) is 13.0 Å². The summed E-state index contributed by atoms with van der Waals surface area (Å²) in [5.74, 6) is -0.104. The molecule has 15 heavy (non-hydrogen) atoms. The van der Waals surface area contributed by atoms with Gasteiger partial charge in [-0.1, -0.05) is 11.6 Å². The number of carbonyl (C=O) groups is 1. The molecular weight excluding hydrogens is 216 g/mol. The van der Waals surface area contributed by atoms with E-state index in [0.29, 0.717) is 5.82 Å². The molecule has 1 heterocycles. The maximum atomic E-state index is 10.8. The Labute approximate surface area is 91.9 Å². The summed E-state index contributed by atoms with van der Waals surface area (Å²) in [6.45, 7) is 1.60. The van der Waals surface area contributed by atoms with Crippen LogP contribution in [-0.4, -0.2) is 16.9 Å². The molecule has 1 rings (SSSR count). The van der Waals surface area contributed by atoms with Crippen LogP contribution in [0.5, 0.6) is 0 Å². The van der Waals surface area contributed by atoms with Gasteiger partial charge in [0.25, 0.3) is 0 Å². The summed E-state index contributed by atoms with van der Waals surface area (Å²) in [7, 11) is 0. The topological polar surface area (TPSA) is 91.8 Å². The predicted molar refractivity (Wildman–Crippen MR) is 56.2 cm³/mol. The second kappa shape index (κ2) is 4.62. The third-order valence-electron chi connectivity index (χ3n) is 1.74. The lowest BCUT2D eigenvalue weighted by Crippen LogP contribution is -2.32. The lowest BCUT2D eigenvalue weighted by molar-refractivity contribution is -0.118. The first-order chi connectivity index (χ1) is 7.04. The number of primary amides is 1. The van der Waals surface area contributed by atoms with Gasteiger partial charge in [0.2, 0.25) is 5.91 Å². The Balaban J connectivity index is 2.89. The Hall–Kier alpha value is -1.80. The van der Waals surface area contributed by atoms with E-state index in [-0.39, 0.29) is 10.7 Å². The molecular formula is C9H9ClN4O. The zero-order valence-electron chi connectivity index (χ0n) is 7.99. The molecule has 1 atom stereocenters. The molecule has 1 unspecified atom stereocenters. The van der Waals surface area contributed by atoms with Crippen molar-refractivity contribution >= 4 is 23.3 Å². The molecule has 3 N–H and O–H groups in total. The Kier molecular flexibility index (Phi) is 3.47. The van der Waals surface area contributed by atoms with Crippen LogP contribution in [0.15, 0.2) is 12.1 Å². The summed E-state index contributed by atoms with van der Waals surface area (Å²) in [6.07, 6.45) is 0. The van der Waals surface area contributed by atoms with Gasteiger partial charge >= 0.3 is 0 Å². The number of hydrogen-bond acceptors (Lipinski definition) is 4. The molecule has 0 saturated heterocycles. The highest BCUT2D eigenvalue weighted by Gasteiger charge is 2.09. The maximum absolute atomic E-state index is 10.8. The quantitative estimate of drug-likeness (QED) is 0.798. The molecule has 0 radical (unpaired) electrons. The van der Waals surface area contributed by atoms with Crippen molar-refractivity contribution in [2.45, 2.75) is 13.0 Å². The average Bonchev–Trinajstić information content (AvgIpc) is 2.20. The fourth-order valence-corrected chi connectivity index (χ4v) is 1.04. The lowest BCUT2D eigenvalue weighted by Gasteiger charge is -2.10. The molecule has 0 aliphatic rings. The van der Waals surface area contributed by atoms with Gasteiger partial charge in [-0.05, 0) is 19.1 Å². The number of pyridine rings is 1. The highest BCUT2D eigenvalue weighted by Crippen LogP contribution is 2.15. The monoisotopic (exact) mass is 224 g/mol. The molecule has 0 bridgehead atoms. The molecule has 0 aromatic carbocycles. The number of nitriles is 1. The number of rotatable bonds is 3. The summed E-state index contributed by atoms with van der Waals surface area (Å²) < 4.78 is 0. The van der Waals surface area contributed by atoms with Crippen molar-refractivity contribution in [3.63, 3.8) is 0 Å². The number of anilines is 1. The van der Waals surface area contributed by atoms with Crippen LogP contribution in [0.3, 0.4) is 0 Å². The van der Waals surface area contributed by atoms with Gasteiger partial charge < -0.3 is 11.1 Å². The van der Waals surface area contributed by atoms with Gasteiger partial charge in [-0.3, -0.25) is 4.79 Å². The maximum Gasteiger partial charge on any atom is 0.239 e. The fraction of sp³-hybridized carbons (Fsp3) is 0.222. The minimum atomic E-state index is -0.551. The zero-order chi connectivity index (χ0) is 11.4. The van der Waals surface area contributed by atoms with E-state index in [4.69, 9.17) is 22.6 Å². The number of halogens is 1. The van der Waals surface area contributed by atoms with Gasteiger partial charge in [-0.25, -0.2) is 4.98 Å². The van der Waals surface area contributed by atoms with Crippen LogP contribution < -0.4 is 11.1 Å². The zero-order valence-corrected chi connectivity index (χ0v) is 8.75. The van der Waals surface area contributed by atoms with Crippen molar-refractivity contribution in [3.8, 4) is 6.07 Å². The molecule has 0 saturated carbocycles. The molecule has 1 amide bonds. The van der Waals surface area contributed by atoms with Crippen molar-refractivity contribution in [2.75, 3.05) is 5.32 Å². The molecule has 0 aliphatic carbocycles. The van der Waals surface area contributed by atoms with E-state index in [2.05, 4.69) is 10.3 Å². The summed E-state index contributed by atoms with van der Waals surface area (Å²) in [4.78, 5) is 14.7. The standard InChI is InChI=1S/C9H9ClN4O/c1-5(9(12)15)13-8-3-2-6(10)7(4-11)14-8/h2-3,5H,1H3,(H2,12,15)(H,13,14). The van der Waals surface area contributed by atoms with Crippen molar-refractivity contribution in [2.24, 2.45) is 5.73 Å². The largest absolute Gasteiger partial charge is 0.368 e. The van der Waals surface area contributed by atoms with Crippen LogP contribution in [0.1, 0.15) is 12.6 Å². The molecule has 1 aromatic heterocycles. The molecule has 0 spiro atoms. The van der Waals surface area contributed by atoms with E-state index in [0.717, 1.165) is 0 Å². The number of nitrogens with zero attached hydrogens (tertiary/aromatic N) is 2. The van der Waals surface area contributed by atoms with Crippen LogP contribution in [-0.2, 0) is 4.79 Å². The van der Waals surface area contributed by atoms with Gasteiger partial charge in [-0.15, -0.1) is 0 Å². The van der Waals surface area contributed by atoms with E-state index in [1.165, 1.54) is 6.07 Å². The molecule has 6 heteroatoms.